The smallest absolute Gasteiger partial charge is 0.221 e. The van der Waals surface area contributed by atoms with Crippen molar-refractivity contribution in [3.63, 3.8) is 0 Å². The molecule has 0 spiro atoms. The highest BCUT2D eigenvalue weighted by Gasteiger charge is 2.20. The molecule has 20 heavy (non-hydrogen) atoms. The maximum absolute atomic E-state index is 11.4. The van der Waals surface area contributed by atoms with Crippen LogP contribution in [0.15, 0.2) is 29.2 Å². The van der Waals surface area contributed by atoms with Crippen molar-refractivity contribution in [3.8, 4) is 0 Å². The molecule has 1 aromatic rings. The first-order valence-electron chi connectivity index (χ1n) is 6.66. The minimum atomic E-state index is -3.14. The van der Waals surface area contributed by atoms with Crippen LogP contribution in [-0.4, -0.2) is 44.6 Å². The highest BCUT2D eigenvalue weighted by molar-refractivity contribution is 7.90. The molecule has 5 nitrogen and oxygen atoms in total. The van der Waals surface area contributed by atoms with Gasteiger partial charge in [-0.1, -0.05) is 12.1 Å². The summed E-state index contributed by atoms with van der Waals surface area (Å²) in [7, 11) is -3.14. The van der Waals surface area contributed by atoms with E-state index in [4.69, 9.17) is 0 Å². The largest absolute Gasteiger partial charge is 0.355 e. The van der Waals surface area contributed by atoms with Crippen LogP contribution < -0.4 is 5.32 Å². The Labute approximate surface area is 119 Å². The predicted molar refractivity (Wildman–Crippen MR) is 77.1 cm³/mol. The summed E-state index contributed by atoms with van der Waals surface area (Å²) >= 11 is 0. The van der Waals surface area contributed by atoms with Gasteiger partial charge in [-0.05, 0) is 24.6 Å². The first-order chi connectivity index (χ1) is 9.36. The molecule has 2 rings (SSSR count). The summed E-state index contributed by atoms with van der Waals surface area (Å²) in [4.78, 5) is 13.9. The van der Waals surface area contributed by atoms with Crippen LogP contribution in [0.5, 0.6) is 0 Å². The topological polar surface area (TPSA) is 66.5 Å². The van der Waals surface area contributed by atoms with Crippen LogP contribution in [0, 0.1) is 0 Å². The lowest BCUT2D eigenvalue weighted by molar-refractivity contribution is -0.120. The van der Waals surface area contributed by atoms with Crippen molar-refractivity contribution in [1.29, 1.82) is 0 Å². The van der Waals surface area contributed by atoms with E-state index in [9.17, 15) is 13.2 Å². The van der Waals surface area contributed by atoms with Crippen LogP contribution in [0.1, 0.15) is 18.9 Å². The fraction of sp³-hybridized carbons (Fsp3) is 0.500. The molecule has 0 bridgehead atoms. The van der Waals surface area contributed by atoms with Crippen molar-refractivity contribution in [1.82, 2.24) is 10.2 Å². The highest BCUT2D eigenvalue weighted by Crippen LogP contribution is 2.14. The molecular weight excluding hydrogens is 276 g/mol. The van der Waals surface area contributed by atoms with Gasteiger partial charge in [-0.25, -0.2) is 8.42 Å². The van der Waals surface area contributed by atoms with Gasteiger partial charge in [0.2, 0.25) is 5.91 Å². The number of nitrogens with one attached hydrogen (secondary N) is 1. The summed E-state index contributed by atoms with van der Waals surface area (Å²) in [5.41, 5.74) is 1.05. The summed E-state index contributed by atoms with van der Waals surface area (Å²) in [5.74, 6) is 0.0896. The van der Waals surface area contributed by atoms with Gasteiger partial charge in [0.15, 0.2) is 9.84 Å². The lowest BCUT2D eigenvalue weighted by Crippen LogP contribution is -2.37. The zero-order valence-corrected chi connectivity index (χ0v) is 12.6. The third kappa shape index (κ3) is 3.80. The van der Waals surface area contributed by atoms with E-state index in [0.29, 0.717) is 17.9 Å². The number of hydrogen-bond donors (Lipinski definition) is 1. The van der Waals surface area contributed by atoms with Gasteiger partial charge >= 0.3 is 0 Å². The van der Waals surface area contributed by atoms with Crippen molar-refractivity contribution in [2.45, 2.75) is 30.8 Å². The van der Waals surface area contributed by atoms with Gasteiger partial charge in [0.1, 0.15) is 0 Å². The molecule has 1 unspecified atom stereocenters. The highest BCUT2D eigenvalue weighted by atomic mass is 32.2. The summed E-state index contributed by atoms with van der Waals surface area (Å²) in [6, 6.07) is 7.22. The van der Waals surface area contributed by atoms with E-state index in [1.165, 1.54) is 6.26 Å². The van der Waals surface area contributed by atoms with Gasteiger partial charge in [-0.15, -0.1) is 0 Å². The quantitative estimate of drug-likeness (QED) is 0.896. The van der Waals surface area contributed by atoms with E-state index < -0.39 is 9.84 Å². The predicted octanol–water partition coefficient (Wildman–Crippen LogP) is 0.800. The summed E-state index contributed by atoms with van der Waals surface area (Å²) in [6.45, 7) is 4.18. The van der Waals surface area contributed by atoms with E-state index in [2.05, 4.69) is 17.1 Å². The van der Waals surface area contributed by atoms with Gasteiger partial charge in [-0.2, -0.15) is 0 Å². The van der Waals surface area contributed by atoms with Crippen molar-refractivity contribution in [2.75, 3.05) is 19.3 Å². The molecule has 1 atom stereocenters. The van der Waals surface area contributed by atoms with Crippen LogP contribution in [-0.2, 0) is 21.2 Å². The minimum Gasteiger partial charge on any atom is -0.355 e. The Balaban J connectivity index is 2.07. The number of carbonyl (C=O) groups is 1. The fourth-order valence-electron chi connectivity index (χ4n) is 2.26. The zero-order chi connectivity index (χ0) is 14.8. The molecule has 1 amide bonds. The molecule has 1 aromatic carbocycles. The molecule has 0 aliphatic carbocycles. The van der Waals surface area contributed by atoms with Crippen LogP contribution >= 0.6 is 0 Å². The second-order valence-electron chi connectivity index (χ2n) is 5.29. The molecule has 1 N–H and O–H groups in total. The van der Waals surface area contributed by atoms with Crippen LogP contribution in [0.3, 0.4) is 0 Å². The SMILES string of the molecule is CC1CNC(=O)CCN1Cc1ccc(S(C)(=O)=O)cc1. The number of rotatable bonds is 3. The molecule has 1 aliphatic heterocycles. The second kappa shape index (κ2) is 5.93. The Bertz CT molecular complexity index is 581. The molecule has 0 saturated carbocycles. The maximum atomic E-state index is 11.4. The Morgan fingerprint density at radius 2 is 1.95 bits per heavy atom. The van der Waals surface area contributed by atoms with Gasteiger partial charge in [0.25, 0.3) is 0 Å². The Hall–Kier alpha value is -1.40. The average Bonchev–Trinajstić information content (AvgIpc) is 2.54. The minimum absolute atomic E-state index is 0.0896. The third-order valence-corrected chi connectivity index (χ3v) is 4.71. The number of amides is 1. The first kappa shape index (κ1) is 15.0. The summed E-state index contributed by atoms with van der Waals surface area (Å²) in [6.07, 6.45) is 1.71. The van der Waals surface area contributed by atoms with Gasteiger partial charge in [0.05, 0.1) is 4.90 Å². The lowest BCUT2D eigenvalue weighted by Gasteiger charge is -2.26. The molecule has 1 heterocycles. The molecule has 1 aliphatic rings. The van der Waals surface area contributed by atoms with E-state index in [1.807, 2.05) is 12.1 Å². The van der Waals surface area contributed by atoms with E-state index in [0.717, 1.165) is 18.7 Å². The number of benzene rings is 1. The summed E-state index contributed by atoms with van der Waals surface area (Å²) in [5, 5.41) is 2.88. The number of hydrogen-bond acceptors (Lipinski definition) is 4. The molecule has 1 saturated heterocycles. The normalized spacial score (nSPS) is 21.3. The Morgan fingerprint density at radius 3 is 2.55 bits per heavy atom. The van der Waals surface area contributed by atoms with Crippen molar-refractivity contribution < 1.29 is 13.2 Å². The first-order valence-corrected chi connectivity index (χ1v) is 8.55. The number of carbonyl (C=O) groups excluding carboxylic acids is 1. The van der Waals surface area contributed by atoms with Gasteiger partial charge in [0, 0.05) is 38.4 Å². The summed E-state index contributed by atoms with van der Waals surface area (Å²) < 4.78 is 22.8. The second-order valence-corrected chi connectivity index (χ2v) is 7.31. The average molecular weight is 296 g/mol. The van der Waals surface area contributed by atoms with Crippen molar-refractivity contribution in [3.05, 3.63) is 29.8 Å². The zero-order valence-electron chi connectivity index (χ0n) is 11.8. The maximum Gasteiger partial charge on any atom is 0.221 e. The molecule has 0 aromatic heterocycles. The fourth-order valence-corrected chi connectivity index (χ4v) is 2.89. The van der Waals surface area contributed by atoms with E-state index >= 15 is 0 Å². The molecule has 6 heteroatoms. The Morgan fingerprint density at radius 1 is 1.30 bits per heavy atom. The lowest BCUT2D eigenvalue weighted by atomic mass is 10.2. The molecular formula is C14H20N2O3S. The van der Waals surface area contributed by atoms with Crippen LogP contribution in [0.25, 0.3) is 0 Å². The standard InChI is InChI=1S/C14H20N2O3S/c1-11-9-15-14(17)7-8-16(11)10-12-3-5-13(6-4-12)20(2,18)19/h3-6,11H,7-10H2,1-2H3,(H,15,17). The monoisotopic (exact) mass is 296 g/mol. The van der Waals surface area contributed by atoms with E-state index in [1.54, 1.807) is 12.1 Å². The van der Waals surface area contributed by atoms with Crippen molar-refractivity contribution >= 4 is 15.7 Å². The van der Waals surface area contributed by atoms with Crippen molar-refractivity contribution in [2.24, 2.45) is 0 Å². The van der Waals surface area contributed by atoms with E-state index in [-0.39, 0.29) is 11.9 Å². The Kier molecular flexibility index (Phi) is 4.45. The number of nitrogens with zero attached hydrogens (tertiary/aromatic N) is 1. The van der Waals surface area contributed by atoms with Crippen LogP contribution in [0.2, 0.25) is 0 Å². The number of sulfone groups is 1. The third-order valence-electron chi connectivity index (χ3n) is 3.58. The van der Waals surface area contributed by atoms with Gasteiger partial charge in [-0.3, -0.25) is 9.69 Å². The molecule has 1 fully saturated rings. The molecule has 0 radical (unpaired) electrons. The molecule has 110 valence electrons. The van der Waals surface area contributed by atoms with Crippen LogP contribution in [0.4, 0.5) is 0 Å². The van der Waals surface area contributed by atoms with Gasteiger partial charge < -0.3 is 5.32 Å².